The smallest absolute Gasteiger partial charge is 0.236 e. The Morgan fingerprint density at radius 2 is 2.33 bits per heavy atom. The number of hydrogen-bond donors (Lipinski definition) is 1. The summed E-state index contributed by atoms with van der Waals surface area (Å²) in [7, 11) is 0. The second-order valence-electron chi connectivity index (χ2n) is 4.12. The first-order valence-corrected chi connectivity index (χ1v) is 5.29. The van der Waals surface area contributed by atoms with Gasteiger partial charge in [0.1, 0.15) is 0 Å². The van der Waals surface area contributed by atoms with Gasteiger partial charge in [0.25, 0.3) is 0 Å². The summed E-state index contributed by atoms with van der Waals surface area (Å²) in [6.07, 6.45) is 2.20. The van der Waals surface area contributed by atoms with Crippen molar-refractivity contribution in [2.45, 2.75) is 19.8 Å². The highest BCUT2D eigenvalue weighted by molar-refractivity contribution is 5.80. The second-order valence-corrected chi connectivity index (χ2v) is 4.12. The van der Waals surface area contributed by atoms with Crippen LogP contribution in [0.15, 0.2) is 18.2 Å². The van der Waals surface area contributed by atoms with Gasteiger partial charge in [0.15, 0.2) is 0 Å². The van der Waals surface area contributed by atoms with Gasteiger partial charge in [0.05, 0.1) is 6.54 Å². The Labute approximate surface area is 89.9 Å². The third kappa shape index (κ3) is 2.12. The molecule has 1 heterocycles. The zero-order valence-corrected chi connectivity index (χ0v) is 8.99. The van der Waals surface area contributed by atoms with Gasteiger partial charge in [-0.3, -0.25) is 4.79 Å². The Kier molecular flexibility index (Phi) is 2.62. The molecule has 80 valence electrons. The van der Waals surface area contributed by atoms with E-state index < -0.39 is 0 Å². The molecule has 1 amide bonds. The molecule has 1 aliphatic rings. The average molecular weight is 204 g/mol. The van der Waals surface area contributed by atoms with E-state index in [1.54, 1.807) is 0 Å². The number of carbonyl (C=O) groups excluding carboxylic acids is 1. The molecule has 0 aliphatic carbocycles. The number of carbonyl (C=O) groups is 1. The summed E-state index contributed by atoms with van der Waals surface area (Å²) in [6, 6.07) is 6.37. The quantitative estimate of drug-likeness (QED) is 0.787. The molecule has 15 heavy (non-hydrogen) atoms. The van der Waals surface area contributed by atoms with E-state index in [1.165, 1.54) is 16.8 Å². The molecular formula is C12H16N2O. The van der Waals surface area contributed by atoms with Crippen LogP contribution in [-0.2, 0) is 11.2 Å². The zero-order chi connectivity index (χ0) is 10.8. The van der Waals surface area contributed by atoms with Gasteiger partial charge in [0.2, 0.25) is 5.91 Å². The van der Waals surface area contributed by atoms with Gasteiger partial charge >= 0.3 is 0 Å². The van der Waals surface area contributed by atoms with Crippen molar-refractivity contribution < 1.29 is 4.79 Å². The SMILES string of the molecule is Cc1ccc2c(c1)CCCN2CC(N)=O. The lowest BCUT2D eigenvalue weighted by Crippen LogP contribution is -2.37. The van der Waals surface area contributed by atoms with Gasteiger partial charge < -0.3 is 10.6 Å². The third-order valence-corrected chi connectivity index (χ3v) is 2.80. The summed E-state index contributed by atoms with van der Waals surface area (Å²) in [5, 5.41) is 0. The third-order valence-electron chi connectivity index (χ3n) is 2.80. The molecule has 2 N–H and O–H groups in total. The van der Waals surface area contributed by atoms with Crippen LogP contribution in [0.4, 0.5) is 5.69 Å². The van der Waals surface area contributed by atoms with Crippen LogP contribution in [-0.4, -0.2) is 19.0 Å². The highest BCUT2D eigenvalue weighted by Crippen LogP contribution is 2.27. The minimum Gasteiger partial charge on any atom is -0.368 e. The predicted molar refractivity (Wildman–Crippen MR) is 60.9 cm³/mol. The Balaban J connectivity index is 2.30. The molecule has 3 nitrogen and oxygen atoms in total. The number of hydrogen-bond acceptors (Lipinski definition) is 2. The normalized spacial score (nSPS) is 14.9. The fraction of sp³-hybridized carbons (Fsp3) is 0.417. The molecule has 0 aromatic heterocycles. The Morgan fingerprint density at radius 3 is 3.07 bits per heavy atom. The lowest BCUT2D eigenvalue weighted by molar-refractivity contribution is -0.116. The Hall–Kier alpha value is -1.51. The lowest BCUT2D eigenvalue weighted by Gasteiger charge is -2.30. The van der Waals surface area contributed by atoms with Crippen molar-refractivity contribution in [2.24, 2.45) is 5.73 Å². The molecule has 0 saturated carbocycles. The van der Waals surface area contributed by atoms with Crippen molar-refractivity contribution in [3.63, 3.8) is 0 Å². The summed E-state index contributed by atoms with van der Waals surface area (Å²) >= 11 is 0. The minimum absolute atomic E-state index is 0.261. The van der Waals surface area contributed by atoms with Crippen molar-refractivity contribution in [1.29, 1.82) is 0 Å². The van der Waals surface area contributed by atoms with E-state index in [-0.39, 0.29) is 5.91 Å². The van der Waals surface area contributed by atoms with Gasteiger partial charge in [0, 0.05) is 12.2 Å². The Morgan fingerprint density at radius 1 is 1.53 bits per heavy atom. The van der Waals surface area contributed by atoms with Crippen LogP contribution in [0.1, 0.15) is 17.5 Å². The molecular weight excluding hydrogens is 188 g/mol. The maximum absolute atomic E-state index is 10.9. The van der Waals surface area contributed by atoms with Crippen LogP contribution >= 0.6 is 0 Å². The van der Waals surface area contributed by atoms with E-state index in [0.717, 1.165) is 19.4 Å². The predicted octanol–water partition coefficient (Wildman–Crippen LogP) is 1.23. The molecule has 0 radical (unpaired) electrons. The number of benzene rings is 1. The first-order valence-electron chi connectivity index (χ1n) is 5.29. The van der Waals surface area contributed by atoms with Crippen LogP contribution < -0.4 is 10.6 Å². The highest BCUT2D eigenvalue weighted by atomic mass is 16.1. The van der Waals surface area contributed by atoms with Crippen molar-refractivity contribution in [3.8, 4) is 0 Å². The number of anilines is 1. The van der Waals surface area contributed by atoms with E-state index in [1.807, 2.05) is 0 Å². The summed E-state index contributed by atoms with van der Waals surface area (Å²) in [5.74, 6) is -0.261. The van der Waals surface area contributed by atoms with E-state index >= 15 is 0 Å². The van der Waals surface area contributed by atoms with Crippen LogP contribution in [0.3, 0.4) is 0 Å². The minimum atomic E-state index is -0.261. The van der Waals surface area contributed by atoms with Crippen molar-refractivity contribution in [1.82, 2.24) is 0 Å². The van der Waals surface area contributed by atoms with Crippen LogP contribution in [0, 0.1) is 6.92 Å². The standard InChI is InChI=1S/C12H16N2O/c1-9-4-5-11-10(7-9)3-2-6-14(11)8-12(13)15/h4-5,7H,2-3,6,8H2,1H3,(H2,13,15). The van der Waals surface area contributed by atoms with Gasteiger partial charge in [-0.1, -0.05) is 17.7 Å². The number of fused-ring (bicyclic) bond motifs is 1. The maximum atomic E-state index is 10.9. The number of rotatable bonds is 2. The molecule has 0 saturated heterocycles. The molecule has 0 atom stereocenters. The molecule has 1 aromatic rings. The van der Waals surface area contributed by atoms with E-state index in [9.17, 15) is 4.79 Å². The monoisotopic (exact) mass is 204 g/mol. The molecule has 0 bridgehead atoms. The molecule has 3 heteroatoms. The van der Waals surface area contributed by atoms with Crippen molar-refractivity contribution in [2.75, 3.05) is 18.0 Å². The first kappa shape index (κ1) is 10.0. The fourth-order valence-corrected chi connectivity index (χ4v) is 2.16. The second kappa shape index (κ2) is 3.93. The molecule has 2 rings (SSSR count). The van der Waals surface area contributed by atoms with Crippen LogP contribution in [0.2, 0.25) is 0 Å². The number of amides is 1. The summed E-state index contributed by atoms with van der Waals surface area (Å²) in [4.78, 5) is 13.0. The van der Waals surface area contributed by atoms with Crippen molar-refractivity contribution >= 4 is 11.6 Å². The van der Waals surface area contributed by atoms with E-state index in [0.29, 0.717) is 6.54 Å². The van der Waals surface area contributed by atoms with Gasteiger partial charge in [-0.2, -0.15) is 0 Å². The highest BCUT2D eigenvalue weighted by Gasteiger charge is 2.17. The number of nitrogens with zero attached hydrogens (tertiary/aromatic N) is 1. The summed E-state index contributed by atoms with van der Waals surface area (Å²) < 4.78 is 0. The zero-order valence-electron chi connectivity index (χ0n) is 8.99. The topological polar surface area (TPSA) is 46.3 Å². The van der Waals surface area contributed by atoms with E-state index in [2.05, 4.69) is 30.0 Å². The summed E-state index contributed by atoms with van der Waals surface area (Å²) in [5.41, 5.74) is 9.01. The summed E-state index contributed by atoms with van der Waals surface area (Å²) in [6.45, 7) is 3.35. The Bertz CT molecular complexity index is 387. The maximum Gasteiger partial charge on any atom is 0.236 e. The average Bonchev–Trinajstić information content (AvgIpc) is 2.16. The lowest BCUT2D eigenvalue weighted by atomic mass is 9.99. The number of nitrogens with two attached hydrogens (primary N) is 1. The fourth-order valence-electron chi connectivity index (χ4n) is 2.16. The molecule has 0 unspecified atom stereocenters. The van der Waals surface area contributed by atoms with Gasteiger partial charge in [-0.15, -0.1) is 0 Å². The first-order chi connectivity index (χ1) is 7.16. The molecule has 0 spiro atoms. The van der Waals surface area contributed by atoms with Crippen LogP contribution in [0.25, 0.3) is 0 Å². The molecule has 1 aliphatic heterocycles. The van der Waals surface area contributed by atoms with Crippen molar-refractivity contribution in [3.05, 3.63) is 29.3 Å². The molecule has 0 fully saturated rings. The van der Waals surface area contributed by atoms with Gasteiger partial charge in [-0.05, 0) is 31.4 Å². The van der Waals surface area contributed by atoms with Crippen LogP contribution in [0.5, 0.6) is 0 Å². The van der Waals surface area contributed by atoms with E-state index in [4.69, 9.17) is 5.73 Å². The largest absolute Gasteiger partial charge is 0.368 e. The number of primary amides is 1. The number of aryl methyl sites for hydroxylation is 2. The molecule has 1 aromatic carbocycles. The van der Waals surface area contributed by atoms with Gasteiger partial charge in [-0.25, -0.2) is 0 Å².